The maximum Gasteiger partial charge on any atom is 0.0670 e. The number of hydrogen-bond donors (Lipinski definition) is 1. The molecule has 1 aromatic carbocycles. The molecule has 0 unspecified atom stereocenters. The van der Waals surface area contributed by atoms with Crippen LogP contribution >= 0.6 is 11.6 Å². The van der Waals surface area contributed by atoms with Crippen LogP contribution in [0.2, 0.25) is 5.02 Å². The molecule has 0 radical (unpaired) electrons. The van der Waals surface area contributed by atoms with Crippen LogP contribution in [0.15, 0.2) is 18.2 Å². The Balaban J connectivity index is 2.65. The van der Waals surface area contributed by atoms with Crippen molar-refractivity contribution in [2.75, 3.05) is 0 Å². The summed E-state index contributed by atoms with van der Waals surface area (Å²) >= 11 is 6.03. The molecule has 0 fully saturated rings. The molecule has 1 aromatic heterocycles. The van der Waals surface area contributed by atoms with Gasteiger partial charge in [-0.25, -0.2) is 0 Å². The standard InChI is InChI=1S/C11H9ClN2/c1-7-4-9-5-10(12)8(2-3-13)6-11(9)14-7/h4-6,14H,2H2,1H3. The van der Waals surface area contributed by atoms with Gasteiger partial charge in [0.1, 0.15) is 0 Å². The van der Waals surface area contributed by atoms with Gasteiger partial charge in [0.15, 0.2) is 0 Å². The van der Waals surface area contributed by atoms with Gasteiger partial charge in [0, 0.05) is 21.6 Å². The Kier molecular flexibility index (Phi) is 2.18. The van der Waals surface area contributed by atoms with E-state index in [0.717, 1.165) is 22.2 Å². The third kappa shape index (κ3) is 1.47. The van der Waals surface area contributed by atoms with Crippen molar-refractivity contribution in [3.05, 3.63) is 34.5 Å². The molecule has 14 heavy (non-hydrogen) atoms. The monoisotopic (exact) mass is 204 g/mol. The summed E-state index contributed by atoms with van der Waals surface area (Å²) in [4.78, 5) is 3.22. The molecule has 2 aromatic rings. The third-order valence-corrected chi connectivity index (χ3v) is 2.54. The predicted octanol–water partition coefficient (Wildman–Crippen LogP) is 3.20. The molecule has 0 spiro atoms. The van der Waals surface area contributed by atoms with Gasteiger partial charge in [-0.05, 0) is 30.7 Å². The molecule has 1 heterocycles. The van der Waals surface area contributed by atoms with Crippen LogP contribution in [0.25, 0.3) is 10.9 Å². The molecule has 2 rings (SSSR count). The van der Waals surface area contributed by atoms with Crippen LogP contribution in [0.3, 0.4) is 0 Å². The summed E-state index contributed by atoms with van der Waals surface area (Å²) < 4.78 is 0. The van der Waals surface area contributed by atoms with Crippen molar-refractivity contribution in [2.45, 2.75) is 13.3 Å². The van der Waals surface area contributed by atoms with Gasteiger partial charge in [-0.2, -0.15) is 5.26 Å². The van der Waals surface area contributed by atoms with Crippen LogP contribution in [0.4, 0.5) is 0 Å². The summed E-state index contributed by atoms with van der Waals surface area (Å²) in [5, 5.41) is 10.4. The number of nitrogens with one attached hydrogen (secondary N) is 1. The highest BCUT2D eigenvalue weighted by molar-refractivity contribution is 6.32. The molecule has 0 aliphatic rings. The van der Waals surface area contributed by atoms with Crippen molar-refractivity contribution < 1.29 is 0 Å². The summed E-state index contributed by atoms with van der Waals surface area (Å²) in [6.07, 6.45) is 0.354. The van der Waals surface area contributed by atoms with Crippen LogP contribution < -0.4 is 0 Å². The van der Waals surface area contributed by atoms with Gasteiger partial charge in [-0.3, -0.25) is 0 Å². The van der Waals surface area contributed by atoms with E-state index in [2.05, 4.69) is 11.1 Å². The van der Waals surface area contributed by atoms with Gasteiger partial charge < -0.3 is 4.98 Å². The van der Waals surface area contributed by atoms with E-state index in [1.54, 1.807) is 0 Å². The number of aromatic amines is 1. The van der Waals surface area contributed by atoms with E-state index in [-0.39, 0.29) is 0 Å². The molecule has 0 atom stereocenters. The maximum atomic E-state index is 8.60. The zero-order chi connectivity index (χ0) is 10.1. The molecule has 3 heteroatoms. The molecular weight excluding hydrogens is 196 g/mol. The van der Waals surface area contributed by atoms with Crippen LogP contribution in [-0.4, -0.2) is 4.98 Å². The molecule has 1 N–H and O–H groups in total. The smallest absolute Gasteiger partial charge is 0.0670 e. The second-order valence-electron chi connectivity index (χ2n) is 3.32. The molecule has 0 aliphatic carbocycles. The molecule has 2 nitrogen and oxygen atoms in total. The lowest BCUT2D eigenvalue weighted by Crippen LogP contribution is -1.83. The van der Waals surface area contributed by atoms with Crippen molar-refractivity contribution in [1.29, 1.82) is 5.26 Å². The van der Waals surface area contributed by atoms with Gasteiger partial charge in [0.05, 0.1) is 12.5 Å². The molecule has 0 saturated carbocycles. The topological polar surface area (TPSA) is 39.6 Å². The SMILES string of the molecule is Cc1cc2cc(Cl)c(CC#N)cc2[nH]1. The first-order valence-electron chi connectivity index (χ1n) is 4.35. The minimum atomic E-state index is 0.354. The lowest BCUT2D eigenvalue weighted by molar-refractivity contribution is 1.26. The van der Waals surface area contributed by atoms with E-state index in [9.17, 15) is 0 Å². The van der Waals surface area contributed by atoms with Crippen molar-refractivity contribution in [3.8, 4) is 6.07 Å². The Bertz CT molecular complexity index is 520. The first kappa shape index (κ1) is 9.11. The van der Waals surface area contributed by atoms with Gasteiger partial charge in [0.2, 0.25) is 0 Å². The van der Waals surface area contributed by atoms with Crippen LogP contribution in [0.1, 0.15) is 11.3 Å². The van der Waals surface area contributed by atoms with E-state index in [4.69, 9.17) is 16.9 Å². The Labute approximate surface area is 87.1 Å². The number of nitriles is 1. The van der Waals surface area contributed by atoms with E-state index >= 15 is 0 Å². The maximum absolute atomic E-state index is 8.60. The summed E-state index contributed by atoms with van der Waals surface area (Å²) in [5.41, 5.74) is 3.02. The van der Waals surface area contributed by atoms with E-state index in [0.29, 0.717) is 11.4 Å². The van der Waals surface area contributed by atoms with Crippen molar-refractivity contribution in [1.82, 2.24) is 4.98 Å². The number of benzene rings is 1. The van der Waals surface area contributed by atoms with Crippen LogP contribution in [0, 0.1) is 18.3 Å². The highest BCUT2D eigenvalue weighted by atomic mass is 35.5. The number of hydrogen-bond acceptors (Lipinski definition) is 1. The Hall–Kier alpha value is -1.46. The minimum Gasteiger partial charge on any atom is -0.359 e. The number of halogens is 1. The number of aryl methyl sites for hydroxylation is 1. The summed E-state index contributed by atoms with van der Waals surface area (Å²) in [7, 11) is 0. The predicted molar refractivity (Wildman–Crippen MR) is 57.4 cm³/mol. The zero-order valence-electron chi connectivity index (χ0n) is 7.76. The largest absolute Gasteiger partial charge is 0.359 e. The number of fused-ring (bicyclic) bond motifs is 1. The molecular formula is C11H9ClN2. The lowest BCUT2D eigenvalue weighted by atomic mass is 10.1. The fourth-order valence-corrected chi connectivity index (χ4v) is 1.80. The summed E-state index contributed by atoms with van der Waals surface area (Å²) in [5.74, 6) is 0. The van der Waals surface area contributed by atoms with Crippen molar-refractivity contribution in [3.63, 3.8) is 0 Å². The normalized spacial score (nSPS) is 10.4. The van der Waals surface area contributed by atoms with E-state index in [1.165, 1.54) is 0 Å². The molecule has 0 amide bonds. The fraction of sp³-hybridized carbons (Fsp3) is 0.182. The zero-order valence-corrected chi connectivity index (χ0v) is 8.52. The van der Waals surface area contributed by atoms with Crippen LogP contribution in [-0.2, 0) is 6.42 Å². The molecule has 0 aliphatic heterocycles. The van der Waals surface area contributed by atoms with E-state index in [1.807, 2.05) is 25.1 Å². The number of aromatic nitrogens is 1. The quantitative estimate of drug-likeness (QED) is 0.762. The average Bonchev–Trinajstić information content (AvgIpc) is 2.45. The average molecular weight is 205 g/mol. The Morgan fingerprint density at radius 3 is 2.93 bits per heavy atom. The first-order valence-corrected chi connectivity index (χ1v) is 4.73. The van der Waals surface area contributed by atoms with Gasteiger partial charge in [-0.1, -0.05) is 11.6 Å². The highest BCUT2D eigenvalue weighted by Gasteiger charge is 2.04. The molecule has 70 valence electrons. The summed E-state index contributed by atoms with van der Waals surface area (Å²) in [6, 6.07) is 7.97. The number of H-pyrrole nitrogens is 1. The second-order valence-corrected chi connectivity index (χ2v) is 3.73. The lowest BCUT2D eigenvalue weighted by Gasteiger charge is -1.99. The minimum absolute atomic E-state index is 0.354. The van der Waals surface area contributed by atoms with Crippen molar-refractivity contribution in [2.24, 2.45) is 0 Å². The fourth-order valence-electron chi connectivity index (χ4n) is 1.56. The number of nitrogens with zero attached hydrogens (tertiary/aromatic N) is 1. The van der Waals surface area contributed by atoms with E-state index < -0.39 is 0 Å². The molecule has 0 bridgehead atoms. The Morgan fingerprint density at radius 1 is 1.43 bits per heavy atom. The Morgan fingerprint density at radius 2 is 2.21 bits per heavy atom. The van der Waals surface area contributed by atoms with Crippen LogP contribution in [0.5, 0.6) is 0 Å². The molecule has 0 saturated heterocycles. The van der Waals surface area contributed by atoms with Gasteiger partial charge >= 0.3 is 0 Å². The van der Waals surface area contributed by atoms with Gasteiger partial charge in [-0.15, -0.1) is 0 Å². The third-order valence-electron chi connectivity index (χ3n) is 2.19. The second kappa shape index (κ2) is 3.36. The van der Waals surface area contributed by atoms with Crippen molar-refractivity contribution >= 4 is 22.5 Å². The highest BCUT2D eigenvalue weighted by Crippen LogP contribution is 2.24. The van der Waals surface area contributed by atoms with Gasteiger partial charge in [0.25, 0.3) is 0 Å². The number of rotatable bonds is 1. The summed E-state index contributed by atoms with van der Waals surface area (Å²) in [6.45, 7) is 2.00. The first-order chi connectivity index (χ1) is 6.70.